The van der Waals surface area contributed by atoms with Gasteiger partial charge in [-0.15, -0.1) is 0 Å². The second-order valence-electron chi connectivity index (χ2n) is 3.91. The van der Waals surface area contributed by atoms with Gasteiger partial charge < -0.3 is 9.84 Å². The maximum absolute atomic E-state index is 11.7. The largest absolute Gasteiger partial charge is 0.481 e. The van der Waals surface area contributed by atoms with Crippen LogP contribution in [0.25, 0.3) is 0 Å². The zero-order valence-corrected chi connectivity index (χ0v) is 10.9. The summed E-state index contributed by atoms with van der Waals surface area (Å²) in [5.41, 5.74) is 0.492. The zero-order valence-electron chi connectivity index (χ0n) is 10.1. The van der Waals surface area contributed by atoms with Gasteiger partial charge in [0.2, 0.25) is 0 Å². The fraction of sp³-hybridized carbons (Fsp3) is 0.417. The summed E-state index contributed by atoms with van der Waals surface area (Å²) in [6, 6.07) is 8.36. The Balaban J connectivity index is 2.86. The molecule has 0 aliphatic heterocycles. The quantitative estimate of drug-likeness (QED) is 0.798. The van der Waals surface area contributed by atoms with Crippen molar-refractivity contribution < 1.29 is 23.1 Å². The SMILES string of the molecule is COCCS(=O)(=O)CC(C(=O)O)c1ccccc1. The molecular formula is C12H16O5S. The minimum absolute atomic E-state index is 0.0729. The number of ether oxygens (including phenoxy) is 1. The lowest BCUT2D eigenvalue weighted by Crippen LogP contribution is -2.25. The van der Waals surface area contributed by atoms with Gasteiger partial charge in [0, 0.05) is 7.11 Å². The Kier molecular flexibility index (Phi) is 5.30. The topological polar surface area (TPSA) is 80.7 Å². The van der Waals surface area contributed by atoms with Crippen LogP contribution in [0.1, 0.15) is 11.5 Å². The van der Waals surface area contributed by atoms with Gasteiger partial charge >= 0.3 is 5.97 Å². The third-order valence-corrected chi connectivity index (χ3v) is 4.15. The van der Waals surface area contributed by atoms with E-state index in [4.69, 9.17) is 9.84 Å². The van der Waals surface area contributed by atoms with Crippen molar-refractivity contribution in [3.63, 3.8) is 0 Å². The standard InChI is InChI=1S/C12H16O5S/c1-17-7-8-18(15,16)9-11(12(13)14)10-5-3-2-4-6-10/h2-6,11H,7-9H2,1H3,(H,13,14). The highest BCUT2D eigenvalue weighted by molar-refractivity contribution is 7.91. The van der Waals surface area contributed by atoms with Crippen LogP contribution in [0.2, 0.25) is 0 Å². The van der Waals surface area contributed by atoms with E-state index in [1.165, 1.54) is 7.11 Å². The molecule has 100 valence electrons. The van der Waals surface area contributed by atoms with Crippen LogP contribution in [-0.2, 0) is 19.4 Å². The maximum Gasteiger partial charge on any atom is 0.312 e. The van der Waals surface area contributed by atoms with Crippen molar-refractivity contribution in [3.05, 3.63) is 35.9 Å². The van der Waals surface area contributed by atoms with Crippen molar-refractivity contribution in [1.29, 1.82) is 0 Å². The summed E-state index contributed by atoms with van der Waals surface area (Å²) < 4.78 is 28.2. The third kappa shape index (κ3) is 4.46. The molecule has 1 atom stereocenters. The Hall–Kier alpha value is -1.40. The van der Waals surface area contributed by atoms with Crippen LogP contribution in [0, 0.1) is 0 Å². The molecule has 0 spiro atoms. The molecule has 1 aromatic rings. The number of hydrogen-bond acceptors (Lipinski definition) is 4. The van der Waals surface area contributed by atoms with E-state index in [9.17, 15) is 13.2 Å². The monoisotopic (exact) mass is 272 g/mol. The summed E-state index contributed by atoms with van der Waals surface area (Å²) >= 11 is 0. The molecule has 1 rings (SSSR count). The molecule has 0 aliphatic rings. The van der Waals surface area contributed by atoms with Crippen molar-refractivity contribution in [1.82, 2.24) is 0 Å². The molecule has 1 unspecified atom stereocenters. The lowest BCUT2D eigenvalue weighted by Gasteiger charge is -2.13. The summed E-state index contributed by atoms with van der Waals surface area (Å²) in [6.07, 6.45) is 0. The number of sulfone groups is 1. The summed E-state index contributed by atoms with van der Waals surface area (Å²) in [5.74, 6) is -2.74. The molecule has 5 nitrogen and oxygen atoms in total. The van der Waals surface area contributed by atoms with Gasteiger partial charge in [-0.2, -0.15) is 0 Å². The molecule has 0 saturated carbocycles. The van der Waals surface area contributed by atoms with Crippen molar-refractivity contribution >= 4 is 15.8 Å². The Labute approximate surface area is 106 Å². The maximum atomic E-state index is 11.7. The molecule has 0 amide bonds. The van der Waals surface area contributed by atoms with Gasteiger partial charge in [-0.1, -0.05) is 30.3 Å². The molecule has 18 heavy (non-hydrogen) atoms. The van der Waals surface area contributed by atoms with Crippen molar-refractivity contribution in [2.45, 2.75) is 5.92 Å². The van der Waals surface area contributed by atoms with E-state index < -0.39 is 27.5 Å². The molecular weight excluding hydrogens is 256 g/mol. The first kappa shape index (κ1) is 14.7. The number of carbonyl (C=O) groups is 1. The first-order valence-electron chi connectivity index (χ1n) is 5.43. The summed E-state index contributed by atoms with van der Waals surface area (Å²) in [5, 5.41) is 9.12. The number of methoxy groups -OCH3 is 1. The number of hydrogen-bond donors (Lipinski definition) is 1. The van der Waals surface area contributed by atoms with Crippen LogP contribution in [0.5, 0.6) is 0 Å². The van der Waals surface area contributed by atoms with Crippen molar-refractivity contribution in [2.75, 3.05) is 25.2 Å². The van der Waals surface area contributed by atoms with Gasteiger partial charge in [-0.25, -0.2) is 8.42 Å². The Bertz CT molecular complexity index is 480. The van der Waals surface area contributed by atoms with E-state index in [0.717, 1.165) is 0 Å². The molecule has 1 N–H and O–H groups in total. The van der Waals surface area contributed by atoms with Gasteiger partial charge in [-0.05, 0) is 5.56 Å². The van der Waals surface area contributed by atoms with E-state index in [1.807, 2.05) is 0 Å². The molecule has 0 aromatic heterocycles. The highest BCUT2D eigenvalue weighted by Gasteiger charge is 2.26. The second-order valence-corrected chi connectivity index (χ2v) is 6.14. The zero-order chi connectivity index (χ0) is 13.6. The average molecular weight is 272 g/mol. The Morgan fingerprint density at radius 1 is 1.33 bits per heavy atom. The molecule has 0 fully saturated rings. The fourth-order valence-electron chi connectivity index (χ4n) is 1.54. The minimum atomic E-state index is -3.44. The Morgan fingerprint density at radius 3 is 2.44 bits per heavy atom. The van der Waals surface area contributed by atoms with Crippen LogP contribution in [0.4, 0.5) is 0 Å². The van der Waals surface area contributed by atoms with Gasteiger partial charge in [-0.3, -0.25) is 4.79 Å². The summed E-state index contributed by atoms with van der Waals surface area (Å²) in [4.78, 5) is 11.2. The normalized spacial score (nSPS) is 13.2. The number of rotatable bonds is 7. The first-order valence-corrected chi connectivity index (χ1v) is 7.25. The predicted molar refractivity (Wildman–Crippen MR) is 67.3 cm³/mol. The van der Waals surface area contributed by atoms with Gasteiger partial charge in [0.1, 0.15) is 0 Å². The first-order chi connectivity index (χ1) is 8.46. The van der Waals surface area contributed by atoms with Gasteiger partial charge in [0.15, 0.2) is 9.84 Å². The number of benzene rings is 1. The van der Waals surface area contributed by atoms with Gasteiger partial charge in [0.25, 0.3) is 0 Å². The molecule has 1 aromatic carbocycles. The highest BCUT2D eigenvalue weighted by Crippen LogP contribution is 2.18. The summed E-state index contributed by atoms with van der Waals surface area (Å²) in [7, 11) is -2.04. The van der Waals surface area contributed by atoms with E-state index in [1.54, 1.807) is 30.3 Å². The minimum Gasteiger partial charge on any atom is -0.481 e. The van der Waals surface area contributed by atoms with E-state index in [-0.39, 0.29) is 12.4 Å². The van der Waals surface area contributed by atoms with Crippen LogP contribution >= 0.6 is 0 Å². The van der Waals surface area contributed by atoms with Crippen LogP contribution in [0.3, 0.4) is 0 Å². The van der Waals surface area contributed by atoms with E-state index >= 15 is 0 Å². The lowest BCUT2D eigenvalue weighted by molar-refractivity contribution is -0.138. The van der Waals surface area contributed by atoms with E-state index in [0.29, 0.717) is 5.56 Å². The van der Waals surface area contributed by atoms with Crippen molar-refractivity contribution in [3.8, 4) is 0 Å². The molecule has 0 saturated heterocycles. The molecule has 0 radical (unpaired) electrons. The number of aliphatic carboxylic acids is 1. The smallest absolute Gasteiger partial charge is 0.312 e. The van der Waals surface area contributed by atoms with Crippen molar-refractivity contribution in [2.24, 2.45) is 0 Å². The highest BCUT2D eigenvalue weighted by atomic mass is 32.2. The molecule has 0 heterocycles. The average Bonchev–Trinajstić information content (AvgIpc) is 2.34. The number of carboxylic acid groups (broad SMARTS) is 1. The number of carboxylic acids is 1. The van der Waals surface area contributed by atoms with Crippen LogP contribution in [0.15, 0.2) is 30.3 Å². The third-order valence-electron chi connectivity index (χ3n) is 2.52. The lowest BCUT2D eigenvalue weighted by atomic mass is 10.0. The molecule has 0 bridgehead atoms. The predicted octanol–water partition coefficient (Wildman–Crippen LogP) is 0.916. The van der Waals surface area contributed by atoms with Crippen LogP contribution < -0.4 is 0 Å². The molecule has 0 aliphatic carbocycles. The second kappa shape index (κ2) is 6.51. The van der Waals surface area contributed by atoms with E-state index in [2.05, 4.69) is 0 Å². The van der Waals surface area contributed by atoms with Crippen LogP contribution in [-0.4, -0.2) is 44.7 Å². The van der Waals surface area contributed by atoms with Gasteiger partial charge in [0.05, 0.1) is 24.0 Å². The molecule has 6 heteroatoms. The fourth-order valence-corrected chi connectivity index (χ4v) is 2.97. The Morgan fingerprint density at radius 2 is 1.94 bits per heavy atom. The summed E-state index contributed by atoms with van der Waals surface area (Å²) in [6.45, 7) is 0.0729.